The molecule has 0 aliphatic heterocycles. The molecule has 0 N–H and O–H groups in total. The van der Waals surface area contributed by atoms with E-state index in [-0.39, 0.29) is 0 Å². The van der Waals surface area contributed by atoms with Crippen molar-refractivity contribution in [2.75, 3.05) is 0 Å². The van der Waals surface area contributed by atoms with Gasteiger partial charge in [0, 0.05) is 12.8 Å². The van der Waals surface area contributed by atoms with Gasteiger partial charge in [-0.15, -0.1) is 0 Å². The zero-order chi connectivity index (χ0) is 14.0. The Morgan fingerprint density at radius 3 is 2.05 bits per heavy atom. The van der Waals surface area contributed by atoms with Crippen molar-refractivity contribution in [3.05, 3.63) is 70.5 Å². The fraction of sp³-hybridized carbons (Fsp3) is 0.316. The average molecular weight is 262 g/mol. The third-order valence-corrected chi connectivity index (χ3v) is 3.31. The predicted molar refractivity (Wildman–Crippen MR) is 81.2 cm³/mol. The molecule has 20 heavy (non-hydrogen) atoms. The summed E-state index contributed by atoms with van der Waals surface area (Å²) in [4.78, 5) is 11.8. The number of ketones is 1. The SMILES string of the molecule is O=C(CCCCC1=CC=C=C=C1)CCC1=CC=C=C=C1. The molecule has 0 saturated heterocycles. The molecular formula is C19H18O. The predicted octanol–water partition coefficient (Wildman–Crippen LogP) is 4.51. The van der Waals surface area contributed by atoms with E-state index in [0.717, 1.165) is 31.3 Å². The van der Waals surface area contributed by atoms with Crippen LogP contribution in [0.3, 0.4) is 0 Å². The van der Waals surface area contributed by atoms with Gasteiger partial charge in [0.1, 0.15) is 5.78 Å². The average Bonchev–Trinajstić information content (AvgIpc) is 2.52. The van der Waals surface area contributed by atoms with Crippen LogP contribution in [0.5, 0.6) is 0 Å². The van der Waals surface area contributed by atoms with Crippen molar-refractivity contribution in [1.29, 1.82) is 0 Å². The Balaban J connectivity index is 1.57. The van der Waals surface area contributed by atoms with Gasteiger partial charge in [0.2, 0.25) is 0 Å². The Hall–Kier alpha value is -2.25. The highest BCUT2D eigenvalue weighted by Crippen LogP contribution is 2.14. The number of hydrogen-bond acceptors (Lipinski definition) is 1. The third kappa shape index (κ3) is 5.17. The molecule has 2 rings (SSSR count). The van der Waals surface area contributed by atoms with E-state index in [1.54, 1.807) is 0 Å². The van der Waals surface area contributed by atoms with Gasteiger partial charge in [-0.3, -0.25) is 4.79 Å². The first-order valence-corrected chi connectivity index (χ1v) is 7.09. The maximum atomic E-state index is 11.8. The quantitative estimate of drug-likeness (QED) is 0.464. The molecule has 0 spiro atoms. The largest absolute Gasteiger partial charge is 0.300 e. The Kier molecular flexibility index (Phi) is 5.69. The summed E-state index contributed by atoms with van der Waals surface area (Å²) in [5.41, 5.74) is 14.0. The van der Waals surface area contributed by atoms with Crippen molar-refractivity contribution in [2.45, 2.75) is 38.5 Å². The number of allylic oxidation sites excluding steroid dienone is 8. The Bertz CT molecular complexity index is 629. The molecule has 0 radical (unpaired) electrons. The first-order valence-electron chi connectivity index (χ1n) is 7.09. The molecule has 0 aromatic carbocycles. The lowest BCUT2D eigenvalue weighted by molar-refractivity contribution is -0.119. The van der Waals surface area contributed by atoms with Crippen molar-refractivity contribution in [3.63, 3.8) is 0 Å². The number of hydrogen-bond donors (Lipinski definition) is 0. The Labute approximate surface area is 120 Å². The van der Waals surface area contributed by atoms with E-state index in [9.17, 15) is 4.79 Å². The van der Waals surface area contributed by atoms with Crippen molar-refractivity contribution in [1.82, 2.24) is 0 Å². The topological polar surface area (TPSA) is 17.1 Å². The minimum atomic E-state index is 0.353. The lowest BCUT2D eigenvalue weighted by atomic mass is 10.0. The van der Waals surface area contributed by atoms with Crippen LogP contribution in [0.1, 0.15) is 38.5 Å². The number of Topliss-reactive ketones (excluding diaryl/α,β-unsaturated/α-hetero) is 1. The van der Waals surface area contributed by atoms with Crippen molar-refractivity contribution < 1.29 is 4.79 Å². The smallest absolute Gasteiger partial charge is 0.133 e. The van der Waals surface area contributed by atoms with Crippen molar-refractivity contribution in [2.24, 2.45) is 0 Å². The number of carbonyl (C=O) groups excluding carboxylic acids is 1. The van der Waals surface area contributed by atoms with E-state index >= 15 is 0 Å². The molecule has 0 bridgehead atoms. The standard InChI is InChI=1S/C19H18O/c20-19(16-15-18-11-5-2-6-12-18)14-8-7-13-17-9-3-1-4-10-17/h3,5,9-12H,7-8,13-16H2. The van der Waals surface area contributed by atoms with E-state index in [1.165, 1.54) is 5.57 Å². The summed E-state index contributed by atoms with van der Waals surface area (Å²) in [5.74, 6) is 0.353. The molecule has 1 nitrogen and oxygen atoms in total. The zero-order valence-corrected chi connectivity index (χ0v) is 11.6. The van der Waals surface area contributed by atoms with Gasteiger partial charge in [-0.05, 0) is 67.2 Å². The van der Waals surface area contributed by atoms with Gasteiger partial charge in [-0.1, -0.05) is 29.0 Å². The number of unbranched alkanes of at least 4 members (excludes halogenated alkanes) is 1. The van der Waals surface area contributed by atoms with Crippen LogP contribution in [0.4, 0.5) is 0 Å². The van der Waals surface area contributed by atoms with Gasteiger partial charge in [-0.2, -0.15) is 0 Å². The van der Waals surface area contributed by atoms with Crippen LogP contribution in [0.15, 0.2) is 70.5 Å². The van der Waals surface area contributed by atoms with Crippen LogP contribution in [-0.4, -0.2) is 5.78 Å². The first kappa shape index (κ1) is 14.2. The molecular weight excluding hydrogens is 244 g/mol. The molecule has 0 unspecified atom stereocenters. The van der Waals surface area contributed by atoms with Crippen LogP contribution in [-0.2, 0) is 4.79 Å². The molecule has 0 amide bonds. The number of carbonyl (C=O) groups is 1. The second-order valence-electron chi connectivity index (χ2n) is 4.93. The highest BCUT2D eigenvalue weighted by atomic mass is 16.1. The van der Waals surface area contributed by atoms with Gasteiger partial charge in [0.15, 0.2) is 0 Å². The van der Waals surface area contributed by atoms with Crippen molar-refractivity contribution >= 4 is 5.78 Å². The van der Waals surface area contributed by atoms with Gasteiger partial charge in [0.25, 0.3) is 0 Å². The second-order valence-corrected chi connectivity index (χ2v) is 4.93. The van der Waals surface area contributed by atoms with Crippen LogP contribution in [0.2, 0.25) is 0 Å². The summed E-state index contributed by atoms with van der Waals surface area (Å²) in [6.07, 6.45) is 16.8. The summed E-state index contributed by atoms with van der Waals surface area (Å²) < 4.78 is 0. The van der Waals surface area contributed by atoms with E-state index in [1.807, 2.05) is 30.4 Å². The monoisotopic (exact) mass is 262 g/mol. The van der Waals surface area contributed by atoms with Gasteiger partial charge < -0.3 is 0 Å². The van der Waals surface area contributed by atoms with Crippen LogP contribution < -0.4 is 0 Å². The lowest BCUT2D eigenvalue weighted by Gasteiger charge is -2.03. The normalized spacial score (nSPS) is 14.6. The molecule has 100 valence electrons. The maximum Gasteiger partial charge on any atom is 0.133 e. The molecule has 0 fully saturated rings. The van der Waals surface area contributed by atoms with Gasteiger partial charge in [0.05, 0.1) is 0 Å². The molecule has 1 heteroatoms. The Morgan fingerprint density at radius 2 is 1.45 bits per heavy atom. The van der Waals surface area contributed by atoms with E-state index in [0.29, 0.717) is 18.6 Å². The minimum absolute atomic E-state index is 0.353. The molecule has 0 heterocycles. The summed E-state index contributed by atoms with van der Waals surface area (Å²) in [5, 5.41) is 0. The highest BCUT2D eigenvalue weighted by molar-refractivity contribution is 5.78. The molecule has 0 aromatic heterocycles. The zero-order valence-electron chi connectivity index (χ0n) is 11.6. The minimum Gasteiger partial charge on any atom is -0.300 e. The van der Waals surface area contributed by atoms with E-state index in [4.69, 9.17) is 0 Å². The molecule has 0 atom stereocenters. The van der Waals surface area contributed by atoms with Crippen molar-refractivity contribution in [3.8, 4) is 0 Å². The molecule has 2 aliphatic rings. The van der Waals surface area contributed by atoms with Crippen LogP contribution in [0.25, 0.3) is 0 Å². The highest BCUT2D eigenvalue weighted by Gasteiger charge is 2.04. The van der Waals surface area contributed by atoms with Gasteiger partial charge in [-0.25, -0.2) is 0 Å². The summed E-state index contributed by atoms with van der Waals surface area (Å²) in [7, 11) is 0. The van der Waals surface area contributed by atoms with Gasteiger partial charge >= 0.3 is 0 Å². The Morgan fingerprint density at radius 1 is 0.800 bits per heavy atom. The van der Waals surface area contributed by atoms with E-state index in [2.05, 4.69) is 29.0 Å². The first-order chi connectivity index (χ1) is 9.84. The summed E-state index contributed by atoms with van der Waals surface area (Å²) in [6.45, 7) is 0. The van der Waals surface area contributed by atoms with Crippen LogP contribution >= 0.6 is 0 Å². The lowest BCUT2D eigenvalue weighted by Crippen LogP contribution is -1.98. The third-order valence-electron chi connectivity index (χ3n) is 3.31. The maximum absolute atomic E-state index is 11.8. The van der Waals surface area contributed by atoms with E-state index < -0.39 is 0 Å². The second kappa shape index (κ2) is 8.03. The number of rotatable bonds is 8. The summed E-state index contributed by atoms with van der Waals surface area (Å²) >= 11 is 0. The molecule has 2 aliphatic carbocycles. The fourth-order valence-electron chi connectivity index (χ4n) is 2.13. The molecule has 0 saturated carbocycles. The summed E-state index contributed by atoms with van der Waals surface area (Å²) in [6, 6.07) is 0. The molecule has 0 aromatic rings. The van der Waals surface area contributed by atoms with Crippen LogP contribution in [0, 0.1) is 0 Å². The fourth-order valence-corrected chi connectivity index (χ4v) is 2.13.